The van der Waals surface area contributed by atoms with Crippen molar-refractivity contribution >= 4 is 23.3 Å². The van der Waals surface area contributed by atoms with Crippen molar-refractivity contribution in [3.8, 4) is 5.82 Å². The molecule has 0 aliphatic carbocycles. The van der Waals surface area contributed by atoms with Gasteiger partial charge in [-0.05, 0) is 50.2 Å². The third-order valence-corrected chi connectivity index (χ3v) is 3.82. The largest absolute Gasteiger partial charge is 0.336 e. The number of carbonyl (C=O) groups is 2. The van der Waals surface area contributed by atoms with E-state index in [-0.39, 0.29) is 18.0 Å². The normalized spacial score (nSPS) is 10.7. The second kappa shape index (κ2) is 7.77. The number of rotatable bonds is 5. The molecule has 1 aromatic carbocycles. The molecule has 2 aromatic heterocycles. The number of anilines is 2. The van der Waals surface area contributed by atoms with Gasteiger partial charge < -0.3 is 20.5 Å². The summed E-state index contributed by atoms with van der Waals surface area (Å²) in [4.78, 5) is 24.4. The molecule has 0 atom stereocenters. The van der Waals surface area contributed by atoms with Crippen molar-refractivity contribution in [2.24, 2.45) is 7.05 Å². The predicted octanol–water partition coefficient (Wildman–Crippen LogP) is 2.99. The van der Waals surface area contributed by atoms with E-state index >= 15 is 0 Å². The molecule has 2 heterocycles. The van der Waals surface area contributed by atoms with Crippen molar-refractivity contribution in [1.82, 2.24) is 19.7 Å². The molecule has 3 aromatic rings. The van der Waals surface area contributed by atoms with E-state index in [2.05, 4.69) is 21.0 Å². The maximum absolute atomic E-state index is 12.7. The minimum atomic E-state index is -0.270. The Hall–Kier alpha value is -3.55. The number of urea groups is 1. The molecule has 0 bridgehead atoms. The van der Waals surface area contributed by atoms with Crippen LogP contribution >= 0.6 is 0 Å². The number of nitrogens with zero attached hydrogens (tertiary/aromatic N) is 3. The van der Waals surface area contributed by atoms with Crippen molar-refractivity contribution in [2.45, 2.75) is 19.9 Å². The van der Waals surface area contributed by atoms with Gasteiger partial charge in [0.2, 0.25) is 0 Å². The summed E-state index contributed by atoms with van der Waals surface area (Å²) < 4.78 is 3.48. The quantitative estimate of drug-likeness (QED) is 0.648. The number of carbonyl (C=O) groups excluding carboxylic acids is 2. The lowest BCUT2D eigenvalue weighted by molar-refractivity contribution is 0.102. The molecule has 27 heavy (non-hydrogen) atoms. The van der Waals surface area contributed by atoms with Gasteiger partial charge in [-0.3, -0.25) is 9.48 Å². The summed E-state index contributed by atoms with van der Waals surface area (Å²) in [5.74, 6) is 0.422. The average Bonchev–Trinajstić information content (AvgIpc) is 3.25. The SMILES string of the molecule is CC(C)NC(=O)Nc1ccc(NC(=O)c2cnn(C)c2-n2cccc2)cc1. The van der Waals surface area contributed by atoms with E-state index in [1.54, 1.807) is 36.0 Å². The number of benzene rings is 1. The van der Waals surface area contributed by atoms with Crippen LogP contribution in [0.25, 0.3) is 5.82 Å². The van der Waals surface area contributed by atoms with Crippen molar-refractivity contribution in [1.29, 1.82) is 0 Å². The third kappa shape index (κ3) is 4.35. The molecule has 0 saturated heterocycles. The van der Waals surface area contributed by atoms with Crippen molar-refractivity contribution in [2.75, 3.05) is 10.6 Å². The zero-order valence-electron chi connectivity index (χ0n) is 15.4. The van der Waals surface area contributed by atoms with Crippen molar-refractivity contribution in [3.05, 3.63) is 60.6 Å². The van der Waals surface area contributed by atoms with Crippen molar-refractivity contribution < 1.29 is 9.59 Å². The van der Waals surface area contributed by atoms with Crippen LogP contribution in [0.3, 0.4) is 0 Å². The van der Waals surface area contributed by atoms with Gasteiger partial charge in [-0.2, -0.15) is 5.10 Å². The molecule has 140 valence electrons. The second-order valence-corrected chi connectivity index (χ2v) is 6.38. The topological polar surface area (TPSA) is 93.0 Å². The highest BCUT2D eigenvalue weighted by Gasteiger charge is 2.17. The van der Waals surface area contributed by atoms with Crippen LogP contribution in [0.4, 0.5) is 16.2 Å². The van der Waals surface area contributed by atoms with E-state index in [0.29, 0.717) is 22.8 Å². The second-order valence-electron chi connectivity index (χ2n) is 6.38. The lowest BCUT2D eigenvalue weighted by Crippen LogP contribution is -2.34. The lowest BCUT2D eigenvalue weighted by Gasteiger charge is -2.11. The first kappa shape index (κ1) is 18.2. The summed E-state index contributed by atoms with van der Waals surface area (Å²) in [6, 6.07) is 10.5. The van der Waals surface area contributed by atoms with Crippen LogP contribution in [-0.4, -0.2) is 32.3 Å². The minimum absolute atomic E-state index is 0.0533. The highest BCUT2D eigenvalue weighted by molar-refractivity contribution is 6.06. The fourth-order valence-electron chi connectivity index (χ4n) is 2.64. The van der Waals surface area contributed by atoms with Crippen molar-refractivity contribution in [3.63, 3.8) is 0 Å². The minimum Gasteiger partial charge on any atom is -0.336 e. The van der Waals surface area contributed by atoms with Gasteiger partial charge in [-0.25, -0.2) is 4.79 Å². The van der Waals surface area contributed by atoms with Crippen LogP contribution in [-0.2, 0) is 7.05 Å². The molecule has 3 amide bonds. The van der Waals surface area contributed by atoms with E-state index < -0.39 is 0 Å². The Morgan fingerprint density at radius 1 is 1.00 bits per heavy atom. The van der Waals surface area contributed by atoms with Gasteiger partial charge in [0, 0.05) is 36.9 Å². The summed E-state index contributed by atoms with van der Waals surface area (Å²) in [6.07, 6.45) is 5.25. The Bertz CT molecular complexity index is 926. The Balaban J connectivity index is 1.70. The summed E-state index contributed by atoms with van der Waals surface area (Å²) in [6.45, 7) is 3.78. The fourth-order valence-corrected chi connectivity index (χ4v) is 2.64. The molecular formula is C19H22N6O2. The van der Waals surface area contributed by atoms with Gasteiger partial charge in [0.15, 0.2) is 0 Å². The molecule has 0 aliphatic rings. The molecule has 0 aliphatic heterocycles. The van der Waals surface area contributed by atoms with Gasteiger partial charge >= 0.3 is 6.03 Å². The Labute approximate surface area is 157 Å². The molecule has 3 rings (SSSR count). The van der Waals surface area contributed by atoms with E-state index in [1.807, 2.05) is 42.9 Å². The Kier molecular flexibility index (Phi) is 5.25. The first-order valence-corrected chi connectivity index (χ1v) is 8.58. The van der Waals surface area contributed by atoms with Gasteiger partial charge in [0.05, 0.1) is 6.20 Å². The number of hydrogen-bond donors (Lipinski definition) is 3. The smallest absolute Gasteiger partial charge is 0.319 e. The van der Waals surface area contributed by atoms with E-state index in [1.165, 1.54) is 6.20 Å². The van der Waals surface area contributed by atoms with Crippen LogP contribution in [0.15, 0.2) is 55.0 Å². The maximum atomic E-state index is 12.7. The van der Waals surface area contributed by atoms with Gasteiger partial charge in [-0.15, -0.1) is 0 Å². The van der Waals surface area contributed by atoms with Crippen LogP contribution in [0.5, 0.6) is 0 Å². The predicted molar refractivity (Wildman–Crippen MR) is 104 cm³/mol. The number of aromatic nitrogens is 3. The van der Waals surface area contributed by atoms with E-state index in [4.69, 9.17) is 0 Å². The first-order chi connectivity index (χ1) is 12.9. The van der Waals surface area contributed by atoms with Crippen LogP contribution in [0.2, 0.25) is 0 Å². The van der Waals surface area contributed by atoms with Crippen LogP contribution < -0.4 is 16.0 Å². The van der Waals surface area contributed by atoms with E-state index in [9.17, 15) is 9.59 Å². The number of aryl methyl sites for hydroxylation is 1. The molecule has 8 nitrogen and oxygen atoms in total. The number of hydrogen-bond acceptors (Lipinski definition) is 3. The standard InChI is InChI=1S/C19H22N6O2/c1-13(2)21-19(27)23-15-8-6-14(7-9-15)22-17(26)16-12-20-24(3)18(16)25-10-4-5-11-25/h4-13H,1-3H3,(H,22,26)(H2,21,23,27). The highest BCUT2D eigenvalue weighted by Crippen LogP contribution is 2.18. The Morgan fingerprint density at radius 3 is 2.19 bits per heavy atom. The van der Waals surface area contributed by atoms with Gasteiger partial charge in [-0.1, -0.05) is 0 Å². The first-order valence-electron chi connectivity index (χ1n) is 8.58. The monoisotopic (exact) mass is 366 g/mol. The molecule has 0 saturated carbocycles. The molecule has 0 unspecified atom stereocenters. The number of amides is 3. The summed E-state index contributed by atoms with van der Waals surface area (Å²) in [7, 11) is 1.79. The molecule has 3 N–H and O–H groups in total. The average molecular weight is 366 g/mol. The number of nitrogens with one attached hydrogen (secondary N) is 3. The van der Waals surface area contributed by atoms with Crippen LogP contribution in [0, 0.1) is 0 Å². The molecule has 0 spiro atoms. The Morgan fingerprint density at radius 2 is 1.59 bits per heavy atom. The van der Waals surface area contributed by atoms with Gasteiger partial charge in [0.1, 0.15) is 11.4 Å². The van der Waals surface area contributed by atoms with E-state index in [0.717, 1.165) is 0 Å². The third-order valence-electron chi connectivity index (χ3n) is 3.82. The summed E-state index contributed by atoms with van der Waals surface area (Å²) in [5, 5.41) is 12.5. The molecule has 8 heteroatoms. The zero-order chi connectivity index (χ0) is 19.4. The molecule has 0 fully saturated rings. The lowest BCUT2D eigenvalue weighted by atomic mass is 10.2. The van der Waals surface area contributed by atoms with Gasteiger partial charge in [0.25, 0.3) is 5.91 Å². The fraction of sp³-hybridized carbons (Fsp3) is 0.211. The zero-order valence-corrected chi connectivity index (χ0v) is 15.4. The molecular weight excluding hydrogens is 344 g/mol. The summed E-state index contributed by atoms with van der Waals surface area (Å²) in [5.41, 5.74) is 1.73. The molecule has 0 radical (unpaired) electrons. The summed E-state index contributed by atoms with van der Waals surface area (Å²) >= 11 is 0. The highest BCUT2D eigenvalue weighted by atomic mass is 16.2. The maximum Gasteiger partial charge on any atom is 0.319 e. The van der Waals surface area contributed by atoms with Crippen LogP contribution in [0.1, 0.15) is 24.2 Å².